The molecule has 12 N–H and O–H groups in total. The Morgan fingerprint density at radius 1 is 0.646 bits per heavy atom. The number of esters is 1. The second-order valence-electron chi connectivity index (χ2n) is 25.0. The fourth-order valence-electron chi connectivity index (χ4n) is 16.2. The topological polar surface area (TPSA) is 371 Å². The largest absolute Gasteiger partial charge is 0.461 e. The molecule has 450 valence electrons. The minimum absolute atomic E-state index is 0.0365. The first-order chi connectivity index (χ1) is 37.3. The number of fused-ring (bicyclic) bond motifs is 5. The molecule has 0 unspecified atom stereocenters. The summed E-state index contributed by atoms with van der Waals surface area (Å²) in [7, 11) is 1.24. The van der Waals surface area contributed by atoms with Crippen LogP contribution in [0, 0.1) is 39.4 Å². The number of hydrogen-bond acceptors (Lipinski definition) is 25. The molecule has 25 nitrogen and oxygen atoms in total. The Hall–Kier alpha value is -1.97. The predicted octanol–water partition coefficient (Wildman–Crippen LogP) is -2.88. The van der Waals surface area contributed by atoms with Crippen molar-refractivity contribution in [3.8, 4) is 0 Å². The Balaban J connectivity index is 0.894. The van der Waals surface area contributed by atoms with Crippen LogP contribution < -0.4 is 0 Å². The number of rotatable bonds is 14. The molecule has 6 saturated heterocycles. The van der Waals surface area contributed by atoms with Crippen molar-refractivity contribution in [2.75, 3.05) is 33.5 Å². The lowest BCUT2D eigenvalue weighted by Crippen LogP contribution is -2.68. The van der Waals surface area contributed by atoms with Gasteiger partial charge in [0.15, 0.2) is 31.5 Å². The number of carbonyl (C=O) groups excluding carboxylic acids is 1. The lowest BCUT2D eigenvalue weighted by Gasteiger charge is -2.64. The van der Waals surface area contributed by atoms with Crippen molar-refractivity contribution in [1.29, 1.82) is 0 Å². The van der Waals surface area contributed by atoms with Crippen molar-refractivity contribution < 1.29 is 123 Å². The molecular weight excluding hydrogens is 1050 g/mol. The Morgan fingerprint density at radius 3 is 1.91 bits per heavy atom. The number of aliphatic hydroxyl groups excluding tert-OH is 12. The normalized spacial score (nSPS) is 54.3. The summed E-state index contributed by atoms with van der Waals surface area (Å²) in [5, 5.41) is 132. The average molecular weight is 1130 g/mol. The van der Waals surface area contributed by atoms with Crippen LogP contribution in [0.1, 0.15) is 80.1 Å². The molecule has 0 aromatic carbocycles. The molecule has 6 aliphatic heterocycles. The summed E-state index contributed by atoms with van der Waals surface area (Å²) in [6.45, 7) is 14.3. The van der Waals surface area contributed by atoms with Crippen LogP contribution in [-0.2, 0) is 61.6 Å². The van der Waals surface area contributed by atoms with Crippen LogP contribution in [-0.4, -0.2) is 254 Å². The van der Waals surface area contributed by atoms with Gasteiger partial charge in [-0.05, 0) is 75.0 Å². The molecule has 0 amide bonds. The van der Waals surface area contributed by atoms with Crippen molar-refractivity contribution in [1.82, 2.24) is 0 Å². The van der Waals surface area contributed by atoms with Gasteiger partial charge in [-0.2, -0.15) is 0 Å². The molecule has 0 aromatic heterocycles. The maximum Gasteiger partial charge on any atom is 0.314 e. The van der Waals surface area contributed by atoms with Crippen LogP contribution in [0.2, 0.25) is 0 Å². The van der Waals surface area contributed by atoms with Crippen molar-refractivity contribution in [3.63, 3.8) is 0 Å². The van der Waals surface area contributed by atoms with E-state index >= 15 is 0 Å². The van der Waals surface area contributed by atoms with E-state index in [2.05, 4.69) is 40.3 Å². The minimum Gasteiger partial charge on any atom is -0.461 e. The molecule has 10 rings (SSSR count). The van der Waals surface area contributed by atoms with Crippen molar-refractivity contribution in [3.05, 3.63) is 23.8 Å². The predicted molar refractivity (Wildman–Crippen MR) is 264 cm³/mol. The summed E-state index contributed by atoms with van der Waals surface area (Å²) < 4.78 is 72.2. The second kappa shape index (κ2) is 22.5. The van der Waals surface area contributed by atoms with Gasteiger partial charge in [-0.15, -0.1) is 0 Å². The van der Waals surface area contributed by atoms with Gasteiger partial charge in [0.05, 0.1) is 44.1 Å². The van der Waals surface area contributed by atoms with E-state index in [0.717, 1.165) is 24.8 Å². The molecule has 4 aliphatic carbocycles. The van der Waals surface area contributed by atoms with E-state index in [1.165, 1.54) is 19.6 Å². The molecule has 0 aromatic rings. The molecule has 6 heterocycles. The van der Waals surface area contributed by atoms with Crippen LogP contribution in [0.25, 0.3) is 0 Å². The van der Waals surface area contributed by atoms with Gasteiger partial charge in [0.2, 0.25) is 0 Å². The number of carbonyl (C=O) groups is 1. The molecule has 25 heteroatoms. The van der Waals surface area contributed by atoms with Gasteiger partial charge in [-0.1, -0.05) is 51.5 Å². The summed E-state index contributed by atoms with van der Waals surface area (Å²) in [5.41, 5.74) is 0.565. The van der Waals surface area contributed by atoms with Crippen LogP contribution >= 0.6 is 0 Å². The van der Waals surface area contributed by atoms with Gasteiger partial charge in [0.1, 0.15) is 110 Å². The number of hydrogen-bond donors (Lipinski definition) is 12. The maximum absolute atomic E-state index is 13.8. The van der Waals surface area contributed by atoms with E-state index in [-0.39, 0.29) is 53.9 Å². The summed E-state index contributed by atoms with van der Waals surface area (Å²) in [6, 6.07) is 0. The lowest BCUT2D eigenvalue weighted by molar-refractivity contribution is -0.405. The van der Waals surface area contributed by atoms with Gasteiger partial charge < -0.3 is 118 Å². The molecule has 3 saturated carbocycles. The summed E-state index contributed by atoms with van der Waals surface area (Å²) >= 11 is 0. The van der Waals surface area contributed by atoms with Gasteiger partial charge in [-0.3, -0.25) is 4.79 Å². The summed E-state index contributed by atoms with van der Waals surface area (Å²) in [4.78, 5) is 13.8. The van der Waals surface area contributed by atoms with Crippen LogP contribution in [0.15, 0.2) is 23.8 Å². The van der Waals surface area contributed by atoms with Gasteiger partial charge >= 0.3 is 5.97 Å². The quantitative estimate of drug-likeness (QED) is 0.0614. The monoisotopic (exact) mass is 1130 g/mol. The van der Waals surface area contributed by atoms with Crippen LogP contribution in [0.3, 0.4) is 0 Å². The zero-order valence-corrected chi connectivity index (χ0v) is 45.7. The number of allylic oxidation sites excluding steroid dienone is 2. The molecule has 10 aliphatic rings. The Morgan fingerprint density at radius 2 is 1.24 bits per heavy atom. The average Bonchev–Trinajstić information content (AvgIpc) is 4.00. The molecule has 0 radical (unpaired) electrons. The first kappa shape index (κ1) is 60.2. The van der Waals surface area contributed by atoms with E-state index in [0.29, 0.717) is 19.3 Å². The highest BCUT2D eigenvalue weighted by Crippen LogP contribution is 2.76. The maximum atomic E-state index is 13.8. The molecule has 79 heavy (non-hydrogen) atoms. The smallest absolute Gasteiger partial charge is 0.314 e. The first-order valence-corrected chi connectivity index (χ1v) is 27.9. The number of aliphatic hydroxyl groups is 12. The Kier molecular flexibility index (Phi) is 17.1. The van der Waals surface area contributed by atoms with Gasteiger partial charge in [-0.25, -0.2) is 0 Å². The minimum atomic E-state index is -2.00. The highest BCUT2D eigenvalue weighted by molar-refractivity contribution is 5.84. The summed E-state index contributed by atoms with van der Waals surface area (Å²) in [5.74, 6) is 0.129. The lowest BCUT2D eigenvalue weighted by atomic mass is 9.40. The van der Waals surface area contributed by atoms with Crippen LogP contribution in [0.4, 0.5) is 0 Å². The van der Waals surface area contributed by atoms with E-state index in [9.17, 15) is 66.1 Å². The number of ether oxygens (including phenoxy) is 12. The van der Waals surface area contributed by atoms with Crippen molar-refractivity contribution >= 4 is 5.97 Å². The first-order valence-electron chi connectivity index (χ1n) is 27.9. The third kappa shape index (κ3) is 9.72. The highest BCUT2D eigenvalue weighted by Gasteiger charge is 2.76. The third-order valence-electron chi connectivity index (χ3n) is 20.3. The van der Waals surface area contributed by atoms with Crippen molar-refractivity contribution in [2.24, 2.45) is 39.4 Å². The zero-order chi connectivity index (χ0) is 57.2. The molecule has 1 spiro atoms. The number of methoxy groups -OCH3 is 1. The highest BCUT2D eigenvalue weighted by atomic mass is 16.8. The zero-order valence-electron chi connectivity index (χ0n) is 45.7. The molecule has 9 fully saturated rings. The SMILES string of the molecule is C=C(C)[C@H]1[C@@H]2C[C@@]3(C)C4=CC[C@H]5C(C)(C)[C@@H](O[C@@H]6OC[C@@H](O)[C@H](O)[C@H]6O[C@@H]6O[C@H](C)[C@@H](O[C@@H]7O[C@H](CO)[C@@H](O)[C@H](O[C@@H]8OC[C@@H](O)[C@H](OC)[C@H]8O)[C@H]7O)[C@H](O)[C@H]6O[C@@H]6O[C@H](CO)[C@@H](O)[C@H](O)[C@H]6O)CC[C@]5(C)[C@@H]4CC[C@]13C(=O)O2. The molecule has 31 atom stereocenters. The third-order valence-corrected chi connectivity index (χ3v) is 20.3. The van der Waals surface area contributed by atoms with Crippen molar-refractivity contribution in [2.45, 2.75) is 234 Å². The van der Waals surface area contributed by atoms with E-state index in [1.807, 2.05) is 6.92 Å². The van der Waals surface area contributed by atoms with Gasteiger partial charge in [0.25, 0.3) is 0 Å². The second-order valence-corrected chi connectivity index (χ2v) is 25.0. The summed E-state index contributed by atoms with van der Waals surface area (Å²) in [6.07, 6.45) is -32.1. The van der Waals surface area contributed by atoms with E-state index in [4.69, 9.17) is 56.8 Å². The Bertz CT molecular complexity index is 2220. The van der Waals surface area contributed by atoms with Crippen LogP contribution in [0.5, 0.6) is 0 Å². The van der Waals surface area contributed by atoms with E-state index in [1.54, 1.807) is 0 Å². The van der Waals surface area contributed by atoms with Gasteiger partial charge in [0, 0.05) is 18.4 Å². The standard InChI is InChI=1S/C54H84O25/c1-20(2)31-26-15-53(7)23-9-10-29-51(4,5)30(12-13-52(29,6)22(23)11-14-54(31,53)50(67)74-26)75-48-43(32(59)24(57)18-70-48)79-49-44(78-46-36(63)35(62)33(60)27(16-55)72-46)37(64)40(21(3)71-49)76-47-39(66)42(34(61)28(17-56)73-47)77-45-38(65)41(68-8)25(58)19-69-45/h9,21-22,24-49,55-66H,1,10-19H2,2-8H3/t21-,22-,24-,25-,26+,27-,28-,29+,30+,31+,32+,33-,34-,35+,36-,37+,38-,39-,40-,41+,42+,43-,44-,45+,46+,47+,48+,49+,52-,53+,54-/m1/s1. The molecule has 2 bridgehead atoms. The Labute approximate surface area is 458 Å². The van der Waals surface area contributed by atoms with E-state index < -0.39 is 171 Å². The fraction of sp³-hybridized carbons (Fsp3) is 0.907. The fourth-order valence-corrected chi connectivity index (χ4v) is 16.2. The molecular formula is C54H84O25.